The summed E-state index contributed by atoms with van der Waals surface area (Å²) in [6, 6.07) is 7.01. The van der Waals surface area contributed by atoms with Gasteiger partial charge < -0.3 is 10.2 Å². The van der Waals surface area contributed by atoms with Crippen LogP contribution < -0.4 is 9.62 Å². The van der Waals surface area contributed by atoms with Crippen molar-refractivity contribution in [1.82, 2.24) is 10.2 Å². The predicted molar refractivity (Wildman–Crippen MR) is 143 cm³/mol. The molecule has 36 heavy (non-hydrogen) atoms. The van der Waals surface area contributed by atoms with E-state index in [0.29, 0.717) is 12.0 Å². The zero-order valence-corrected chi connectivity index (χ0v) is 23.5. The van der Waals surface area contributed by atoms with Crippen molar-refractivity contribution < 1.29 is 22.4 Å². The fourth-order valence-electron chi connectivity index (χ4n) is 3.45. The minimum absolute atomic E-state index is 0.0192. The highest BCUT2D eigenvalue weighted by atomic mass is 35.5. The van der Waals surface area contributed by atoms with Gasteiger partial charge in [0.25, 0.3) is 0 Å². The van der Waals surface area contributed by atoms with Crippen LogP contribution in [0.5, 0.6) is 0 Å². The zero-order valence-electron chi connectivity index (χ0n) is 20.4. The molecule has 0 bridgehead atoms. The topological polar surface area (TPSA) is 86.8 Å². The summed E-state index contributed by atoms with van der Waals surface area (Å²) in [5.41, 5.74) is 0.541. The van der Waals surface area contributed by atoms with E-state index < -0.39 is 34.3 Å². The standard InChI is InChI=1S/C24H29Cl3FN3O4S/c1-5-15(3)29-24(33)21(6-2)30(13-16-7-9-17(28)10-8-16)23(32)14-31(36(4,34)35)22-12-19(26)18(25)11-20(22)27/h7-12,15,21H,5-6,13-14H2,1-4H3,(H,29,33)/t15-,21-/m0/s1. The molecule has 1 N–H and O–H groups in total. The van der Waals surface area contributed by atoms with Gasteiger partial charge in [0, 0.05) is 12.6 Å². The molecule has 0 heterocycles. The van der Waals surface area contributed by atoms with Gasteiger partial charge in [-0.3, -0.25) is 13.9 Å². The van der Waals surface area contributed by atoms with Gasteiger partial charge in [0.05, 0.1) is 27.0 Å². The van der Waals surface area contributed by atoms with Crippen LogP contribution in [0.1, 0.15) is 39.2 Å². The molecule has 0 fully saturated rings. The smallest absolute Gasteiger partial charge is 0.244 e. The summed E-state index contributed by atoms with van der Waals surface area (Å²) in [6.45, 7) is 4.81. The average molecular weight is 581 g/mol. The van der Waals surface area contributed by atoms with Crippen molar-refractivity contribution in [1.29, 1.82) is 0 Å². The summed E-state index contributed by atoms with van der Waals surface area (Å²) in [7, 11) is -4.00. The molecule has 2 aromatic rings. The second kappa shape index (κ2) is 12.9. The Morgan fingerprint density at radius 3 is 2.11 bits per heavy atom. The second-order valence-electron chi connectivity index (χ2n) is 8.38. The van der Waals surface area contributed by atoms with Crippen LogP contribution >= 0.6 is 34.8 Å². The van der Waals surface area contributed by atoms with E-state index in [1.54, 1.807) is 6.92 Å². The number of halogens is 4. The fourth-order valence-corrected chi connectivity index (χ4v) is 4.99. The summed E-state index contributed by atoms with van der Waals surface area (Å²) in [5.74, 6) is -1.48. The number of rotatable bonds is 11. The summed E-state index contributed by atoms with van der Waals surface area (Å²) in [4.78, 5) is 28.0. The van der Waals surface area contributed by atoms with E-state index in [1.165, 1.54) is 41.3 Å². The number of carbonyl (C=O) groups is 2. The average Bonchev–Trinajstić information content (AvgIpc) is 2.80. The van der Waals surface area contributed by atoms with Gasteiger partial charge in [-0.2, -0.15) is 0 Å². The Hall–Kier alpha value is -2.07. The predicted octanol–water partition coefficient (Wildman–Crippen LogP) is 5.27. The quantitative estimate of drug-likeness (QED) is 0.367. The van der Waals surface area contributed by atoms with Gasteiger partial charge in [-0.05, 0) is 49.6 Å². The molecule has 7 nitrogen and oxygen atoms in total. The van der Waals surface area contributed by atoms with Crippen LogP contribution in [0, 0.1) is 5.82 Å². The Balaban J connectivity index is 2.50. The molecule has 2 aromatic carbocycles. The lowest BCUT2D eigenvalue weighted by Crippen LogP contribution is -2.53. The summed E-state index contributed by atoms with van der Waals surface area (Å²) in [5, 5.41) is 3.03. The van der Waals surface area contributed by atoms with Crippen molar-refractivity contribution in [2.75, 3.05) is 17.1 Å². The number of carbonyl (C=O) groups excluding carboxylic acids is 2. The van der Waals surface area contributed by atoms with E-state index in [-0.39, 0.29) is 45.7 Å². The molecule has 2 atom stereocenters. The normalized spacial score (nSPS) is 13.1. The third-order valence-corrected chi connectivity index (χ3v) is 7.74. The van der Waals surface area contributed by atoms with Gasteiger partial charge in [-0.1, -0.05) is 60.8 Å². The SMILES string of the molecule is CC[C@H](C)NC(=O)[C@H](CC)N(Cc1ccc(F)cc1)C(=O)CN(c1cc(Cl)c(Cl)cc1Cl)S(C)(=O)=O. The molecule has 0 aromatic heterocycles. The van der Waals surface area contributed by atoms with Gasteiger partial charge in [-0.15, -0.1) is 0 Å². The lowest BCUT2D eigenvalue weighted by molar-refractivity contribution is -0.140. The molecule has 0 aliphatic rings. The third kappa shape index (κ3) is 7.96. The molecule has 198 valence electrons. The molecular weight excluding hydrogens is 552 g/mol. The Morgan fingerprint density at radius 2 is 1.58 bits per heavy atom. The van der Waals surface area contributed by atoms with Crippen LogP contribution in [0.2, 0.25) is 15.1 Å². The van der Waals surface area contributed by atoms with Gasteiger partial charge in [0.2, 0.25) is 21.8 Å². The summed E-state index contributed by atoms with van der Waals surface area (Å²) in [6.07, 6.45) is 1.88. The van der Waals surface area contributed by atoms with Crippen molar-refractivity contribution in [2.24, 2.45) is 0 Å². The fraction of sp³-hybridized carbons (Fsp3) is 0.417. The molecule has 0 radical (unpaired) electrons. The van der Waals surface area contributed by atoms with Crippen molar-refractivity contribution in [3.63, 3.8) is 0 Å². The number of sulfonamides is 1. The maximum atomic E-state index is 13.6. The van der Waals surface area contributed by atoms with Crippen LogP contribution in [0.3, 0.4) is 0 Å². The highest BCUT2D eigenvalue weighted by Crippen LogP contribution is 2.35. The monoisotopic (exact) mass is 579 g/mol. The third-order valence-electron chi connectivity index (χ3n) is 5.59. The van der Waals surface area contributed by atoms with Crippen molar-refractivity contribution in [3.05, 3.63) is 62.8 Å². The van der Waals surface area contributed by atoms with E-state index in [1.807, 2.05) is 13.8 Å². The van der Waals surface area contributed by atoms with Crippen molar-refractivity contribution in [3.8, 4) is 0 Å². The minimum atomic E-state index is -4.00. The molecule has 2 rings (SSSR count). The summed E-state index contributed by atoms with van der Waals surface area (Å²) < 4.78 is 39.7. The lowest BCUT2D eigenvalue weighted by atomic mass is 10.1. The number of hydrogen-bond acceptors (Lipinski definition) is 4. The lowest BCUT2D eigenvalue weighted by Gasteiger charge is -2.33. The first-order valence-corrected chi connectivity index (χ1v) is 14.2. The summed E-state index contributed by atoms with van der Waals surface area (Å²) >= 11 is 18.3. The van der Waals surface area contributed by atoms with Crippen molar-refractivity contribution >= 4 is 62.3 Å². The van der Waals surface area contributed by atoms with Crippen molar-refractivity contribution in [2.45, 2.75) is 52.2 Å². The van der Waals surface area contributed by atoms with Gasteiger partial charge in [0.15, 0.2) is 0 Å². The first-order valence-electron chi connectivity index (χ1n) is 11.2. The maximum Gasteiger partial charge on any atom is 0.244 e. The van der Waals surface area contributed by atoms with Crippen LogP contribution in [-0.2, 0) is 26.2 Å². The number of benzene rings is 2. The Kier molecular flexibility index (Phi) is 10.8. The van der Waals surface area contributed by atoms with Crippen LogP contribution in [-0.4, -0.2) is 50.0 Å². The first-order chi connectivity index (χ1) is 16.8. The molecule has 0 spiro atoms. The number of nitrogens with zero attached hydrogens (tertiary/aromatic N) is 2. The Morgan fingerprint density at radius 1 is 1.00 bits per heavy atom. The van der Waals surface area contributed by atoms with Crippen LogP contribution in [0.15, 0.2) is 36.4 Å². The number of amides is 2. The number of anilines is 1. The van der Waals surface area contributed by atoms with E-state index in [4.69, 9.17) is 34.8 Å². The number of hydrogen-bond donors (Lipinski definition) is 1. The molecule has 0 aliphatic heterocycles. The first kappa shape index (κ1) is 30.2. The van der Waals surface area contributed by atoms with E-state index in [0.717, 1.165) is 10.6 Å². The molecule has 0 aliphatic carbocycles. The second-order valence-corrected chi connectivity index (χ2v) is 11.5. The molecule has 2 amide bonds. The van der Waals surface area contributed by atoms with E-state index in [2.05, 4.69) is 5.32 Å². The Labute approximate surface area is 226 Å². The largest absolute Gasteiger partial charge is 0.352 e. The highest BCUT2D eigenvalue weighted by Gasteiger charge is 2.33. The van der Waals surface area contributed by atoms with Crippen LogP contribution in [0.25, 0.3) is 0 Å². The van der Waals surface area contributed by atoms with E-state index in [9.17, 15) is 22.4 Å². The molecule has 0 saturated heterocycles. The molecule has 12 heteroatoms. The maximum absolute atomic E-state index is 13.6. The van der Waals surface area contributed by atoms with Gasteiger partial charge in [-0.25, -0.2) is 12.8 Å². The molecule has 0 saturated carbocycles. The number of nitrogens with one attached hydrogen (secondary N) is 1. The van der Waals surface area contributed by atoms with E-state index >= 15 is 0 Å². The molecule has 0 unspecified atom stereocenters. The minimum Gasteiger partial charge on any atom is -0.352 e. The van der Waals surface area contributed by atoms with Gasteiger partial charge >= 0.3 is 0 Å². The zero-order chi connectivity index (χ0) is 27.2. The van der Waals surface area contributed by atoms with Crippen LogP contribution in [0.4, 0.5) is 10.1 Å². The Bertz CT molecular complexity index is 1200. The van der Waals surface area contributed by atoms with Gasteiger partial charge in [0.1, 0.15) is 18.4 Å². The molecular formula is C24H29Cl3FN3O4S. The highest BCUT2D eigenvalue weighted by molar-refractivity contribution is 7.92.